The van der Waals surface area contributed by atoms with Crippen LogP contribution in [0.25, 0.3) is 0 Å². The molecule has 1 unspecified atom stereocenters. The van der Waals surface area contributed by atoms with Gasteiger partial charge in [0.2, 0.25) is 0 Å². The van der Waals surface area contributed by atoms with E-state index in [-0.39, 0.29) is 0 Å². The van der Waals surface area contributed by atoms with Crippen molar-refractivity contribution >= 4 is 23.1 Å². The van der Waals surface area contributed by atoms with Gasteiger partial charge in [-0.3, -0.25) is 0 Å². The summed E-state index contributed by atoms with van der Waals surface area (Å²) in [6, 6.07) is 11.2. The molecule has 0 saturated carbocycles. The summed E-state index contributed by atoms with van der Waals surface area (Å²) in [6.07, 6.45) is 3.19. The van der Waals surface area contributed by atoms with Gasteiger partial charge in [0.15, 0.2) is 0 Å². The lowest BCUT2D eigenvalue weighted by Crippen LogP contribution is -2.19. The van der Waals surface area contributed by atoms with Crippen LogP contribution in [-0.4, -0.2) is 13.3 Å². The van der Waals surface area contributed by atoms with Gasteiger partial charge in [0.25, 0.3) is 0 Å². The number of hydrogen-bond acceptors (Lipinski definition) is 3. The van der Waals surface area contributed by atoms with E-state index in [0.717, 1.165) is 6.42 Å². The van der Waals surface area contributed by atoms with Gasteiger partial charge >= 0.3 is 0 Å². The van der Waals surface area contributed by atoms with E-state index in [4.69, 9.17) is 0 Å². The summed E-state index contributed by atoms with van der Waals surface area (Å²) < 4.78 is 0. The first-order valence-electron chi connectivity index (χ1n) is 5.66. The zero-order valence-electron chi connectivity index (χ0n) is 10.1. The molecule has 1 aromatic heterocycles. The fraction of sp³-hybridized carbons (Fsp3) is 0.286. The van der Waals surface area contributed by atoms with E-state index in [1.54, 1.807) is 11.3 Å². The van der Waals surface area contributed by atoms with Crippen LogP contribution < -0.4 is 5.32 Å². The molecule has 1 heterocycles. The van der Waals surface area contributed by atoms with Crippen molar-refractivity contribution in [1.29, 1.82) is 0 Å². The number of rotatable bonds is 5. The molecule has 17 heavy (non-hydrogen) atoms. The molecule has 2 aromatic rings. The Morgan fingerprint density at radius 1 is 1.29 bits per heavy atom. The third kappa shape index (κ3) is 3.12. The second-order valence-electron chi connectivity index (χ2n) is 3.92. The molecule has 1 atom stereocenters. The molecule has 3 heteroatoms. The minimum Gasteiger partial charge on any atom is -0.313 e. The van der Waals surface area contributed by atoms with Crippen molar-refractivity contribution in [2.75, 3.05) is 13.3 Å². The molecule has 1 N–H and O–H groups in total. The third-order valence-electron chi connectivity index (χ3n) is 2.88. The predicted octanol–water partition coefficient (Wildman–Crippen LogP) is 3.97. The lowest BCUT2D eigenvalue weighted by atomic mass is 10.0. The van der Waals surface area contributed by atoms with Crippen molar-refractivity contribution in [3.63, 3.8) is 0 Å². The molecule has 0 aliphatic rings. The first-order valence-corrected chi connectivity index (χ1v) is 7.83. The van der Waals surface area contributed by atoms with Crippen LogP contribution >= 0.6 is 23.1 Å². The highest BCUT2D eigenvalue weighted by molar-refractivity contribution is 7.98. The van der Waals surface area contributed by atoms with Gasteiger partial charge in [-0.2, -0.15) is 11.3 Å². The van der Waals surface area contributed by atoms with Gasteiger partial charge in [-0.25, -0.2) is 0 Å². The maximum Gasteiger partial charge on any atom is 0.0369 e. The molecule has 0 aliphatic heterocycles. The molecule has 0 spiro atoms. The maximum absolute atomic E-state index is 3.42. The van der Waals surface area contributed by atoms with E-state index in [2.05, 4.69) is 52.7 Å². The van der Waals surface area contributed by atoms with Crippen LogP contribution in [0.4, 0.5) is 0 Å². The fourth-order valence-electron chi connectivity index (χ4n) is 1.97. The third-order valence-corrected chi connectivity index (χ3v) is 4.43. The Hall–Kier alpha value is -0.770. The van der Waals surface area contributed by atoms with E-state index in [1.165, 1.54) is 16.0 Å². The van der Waals surface area contributed by atoms with Gasteiger partial charge in [-0.1, -0.05) is 18.2 Å². The summed E-state index contributed by atoms with van der Waals surface area (Å²) in [7, 11) is 2.04. The van der Waals surface area contributed by atoms with Crippen LogP contribution in [0.1, 0.15) is 17.2 Å². The van der Waals surface area contributed by atoms with Crippen LogP contribution in [0.5, 0.6) is 0 Å². The number of benzene rings is 1. The standard InChI is InChI=1S/C14H17NS2/c1-15-13(9-11-7-8-17-10-11)12-5-3-4-6-14(12)16-2/h3-8,10,13,15H,9H2,1-2H3. The normalized spacial score (nSPS) is 12.6. The minimum atomic E-state index is 0.397. The predicted molar refractivity (Wildman–Crippen MR) is 78.0 cm³/mol. The Morgan fingerprint density at radius 2 is 2.12 bits per heavy atom. The van der Waals surface area contributed by atoms with Crippen LogP contribution in [-0.2, 0) is 6.42 Å². The fourth-order valence-corrected chi connectivity index (χ4v) is 3.31. The average Bonchev–Trinajstić information content (AvgIpc) is 2.89. The zero-order chi connectivity index (χ0) is 12.1. The van der Waals surface area contributed by atoms with Gasteiger partial charge in [-0.05, 0) is 53.7 Å². The van der Waals surface area contributed by atoms with Gasteiger partial charge in [0.1, 0.15) is 0 Å². The van der Waals surface area contributed by atoms with Crippen molar-refractivity contribution in [1.82, 2.24) is 5.32 Å². The molecule has 1 aromatic carbocycles. The summed E-state index contributed by atoms with van der Waals surface area (Å²) in [5.41, 5.74) is 2.80. The lowest BCUT2D eigenvalue weighted by molar-refractivity contribution is 0.584. The number of thiophene rings is 1. The van der Waals surface area contributed by atoms with Crippen molar-refractivity contribution in [3.8, 4) is 0 Å². The van der Waals surface area contributed by atoms with E-state index < -0.39 is 0 Å². The van der Waals surface area contributed by atoms with Crippen molar-refractivity contribution in [2.45, 2.75) is 17.4 Å². The molecule has 0 amide bonds. The van der Waals surface area contributed by atoms with E-state index in [0.29, 0.717) is 6.04 Å². The maximum atomic E-state index is 3.42. The quantitative estimate of drug-likeness (QED) is 0.819. The molecule has 0 radical (unpaired) electrons. The highest BCUT2D eigenvalue weighted by atomic mass is 32.2. The molecule has 0 aliphatic carbocycles. The van der Waals surface area contributed by atoms with Gasteiger partial charge < -0.3 is 5.32 Å². The largest absolute Gasteiger partial charge is 0.313 e. The van der Waals surface area contributed by atoms with Crippen LogP contribution in [0.3, 0.4) is 0 Å². The van der Waals surface area contributed by atoms with Crippen LogP contribution in [0.15, 0.2) is 46.0 Å². The molecular formula is C14H17NS2. The van der Waals surface area contributed by atoms with Crippen LogP contribution in [0.2, 0.25) is 0 Å². The second kappa shape index (κ2) is 6.24. The average molecular weight is 263 g/mol. The van der Waals surface area contributed by atoms with Crippen LogP contribution in [0, 0.1) is 0 Å². The van der Waals surface area contributed by atoms with Gasteiger partial charge in [-0.15, -0.1) is 11.8 Å². The van der Waals surface area contributed by atoms with Crippen molar-refractivity contribution in [3.05, 3.63) is 52.2 Å². The molecule has 0 bridgehead atoms. The van der Waals surface area contributed by atoms with E-state index >= 15 is 0 Å². The van der Waals surface area contributed by atoms with Crippen molar-refractivity contribution < 1.29 is 0 Å². The highest BCUT2D eigenvalue weighted by Gasteiger charge is 2.13. The zero-order valence-corrected chi connectivity index (χ0v) is 11.8. The summed E-state index contributed by atoms with van der Waals surface area (Å²) in [5.74, 6) is 0. The Kier molecular flexibility index (Phi) is 4.66. The number of hydrogen-bond donors (Lipinski definition) is 1. The first kappa shape index (κ1) is 12.7. The Bertz CT molecular complexity index is 451. The van der Waals surface area contributed by atoms with Crippen molar-refractivity contribution in [2.24, 2.45) is 0 Å². The highest BCUT2D eigenvalue weighted by Crippen LogP contribution is 2.28. The second-order valence-corrected chi connectivity index (χ2v) is 5.55. The molecule has 0 saturated heterocycles. The summed E-state index contributed by atoms with van der Waals surface area (Å²) in [4.78, 5) is 1.36. The molecular weight excluding hydrogens is 246 g/mol. The molecule has 2 rings (SSSR count). The minimum absolute atomic E-state index is 0.397. The van der Waals surface area contributed by atoms with Gasteiger partial charge in [0.05, 0.1) is 0 Å². The molecule has 1 nitrogen and oxygen atoms in total. The number of likely N-dealkylation sites (N-methyl/N-ethyl adjacent to an activating group) is 1. The Morgan fingerprint density at radius 3 is 2.76 bits per heavy atom. The Balaban J connectivity index is 2.22. The van der Waals surface area contributed by atoms with Gasteiger partial charge in [0, 0.05) is 10.9 Å². The molecule has 0 fully saturated rings. The lowest BCUT2D eigenvalue weighted by Gasteiger charge is -2.18. The Labute approximate surface area is 111 Å². The summed E-state index contributed by atoms with van der Waals surface area (Å²) in [6.45, 7) is 0. The SMILES string of the molecule is CNC(Cc1ccsc1)c1ccccc1SC. The monoisotopic (exact) mass is 263 g/mol. The number of nitrogens with one attached hydrogen (secondary N) is 1. The molecule has 90 valence electrons. The topological polar surface area (TPSA) is 12.0 Å². The van der Waals surface area contributed by atoms with E-state index in [9.17, 15) is 0 Å². The summed E-state index contributed by atoms with van der Waals surface area (Å²) in [5, 5.41) is 7.79. The first-order chi connectivity index (χ1) is 8.35. The number of thioether (sulfide) groups is 1. The summed E-state index contributed by atoms with van der Waals surface area (Å²) >= 11 is 3.58. The van der Waals surface area contributed by atoms with E-state index in [1.807, 2.05) is 18.8 Å². The smallest absolute Gasteiger partial charge is 0.0369 e.